The van der Waals surface area contributed by atoms with Crippen LogP contribution in [0, 0.1) is 13.8 Å². The lowest BCUT2D eigenvalue weighted by Crippen LogP contribution is -2.18. The zero-order valence-corrected chi connectivity index (χ0v) is 16.9. The Hall–Kier alpha value is -3.60. The van der Waals surface area contributed by atoms with Crippen LogP contribution in [-0.2, 0) is 6.42 Å². The summed E-state index contributed by atoms with van der Waals surface area (Å²) in [4.78, 5) is 16.0. The Morgan fingerprint density at radius 1 is 1.14 bits per heavy atom. The number of amides is 1. The largest absolute Gasteiger partial charge is 0.360 e. The summed E-state index contributed by atoms with van der Waals surface area (Å²) >= 11 is 0. The molecule has 5 nitrogen and oxygen atoms in total. The maximum Gasteiger partial charge on any atom is 0.273 e. The zero-order chi connectivity index (χ0) is 20.4. The van der Waals surface area contributed by atoms with E-state index in [1.807, 2.05) is 62.5 Å². The topological polar surface area (TPSA) is 62.2 Å². The first-order valence-electron chi connectivity index (χ1n) is 9.77. The van der Waals surface area contributed by atoms with E-state index in [1.165, 1.54) is 5.56 Å². The van der Waals surface area contributed by atoms with Gasteiger partial charge in [-0.1, -0.05) is 43.3 Å². The van der Waals surface area contributed by atoms with Gasteiger partial charge in [0.15, 0.2) is 0 Å². The first-order chi connectivity index (χ1) is 14.1. The summed E-state index contributed by atoms with van der Waals surface area (Å²) in [6.45, 7) is 6.08. The second kappa shape index (κ2) is 7.80. The van der Waals surface area contributed by atoms with Crippen molar-refractivity contribution in [3.63, 3.8) is 0 Å². The van der Waals surface area contributed by atoms with Crippen LogP contribution in [0.4, 0.5) is 0 Å². The molecule has 0 saturated heterocycles. The monoisotopic (exact) mass is 384 g/mol. The van der Waals surface area contributed by atoms with Gasteiger partial charge in [-0.15, -0.1) is 0 Å². The van der Waals surface area contributed by atoms with Gasteiger partial charge in [0.2, 0.25) is 0 Å². The van der Waals surface area contributed by atoms with Gasteiger partial charge in [0.1, 0.15) is 0 Å². The normalized spacial score (nSPS) is 11.4. The third-order valence-corrected chi connectivity index (χ3v) is 5.27. The van der Waals surface area contributed by atoms with Crippen LogP contribution < -0.4 is 5.43 Å². The third-order valence-electron chi connectivity index (χ3n) is 5.27. The molecular formula is C24H24N4O. The Morgan fingerprint density at radius 3 is 2.69 bits per heavy atom. The summed E-state index contributed by atoms with van der Waals surface area (Å²) in [5.41, 5.74) is 9.55. The molecule has 4 aromatic rings. The Morgan fingerprint density at radius 2 is 1.93 bits per heavy atom. The van der Waals surface area contributed by atoms with Crippen molar-refractivity contribution in [2.75, 3.05) is 0 Å². The Bertz CT molecular complexity index is 1200. The van der Waals surface area contributed by atoms with Crippen LogP contribution >= 0.6 is 0 Å². The summed E-state index contributed by atoms with van der Waals surface area (Å²) in [5.74, 6) is -0.217. The minimum absolute atomic E-state index is 0.217. The minimum Gasteiger partial charge on any atom is -0.360 e. The van der Waals surface area contributed by atoms with Crippen LogP contribution in [0.1, 0.15) is 39.8 Å². The van der Waals surface area contributed by atoms with Gasteiger partial charge in [0.05, 0.1) is 11.8 Å². The number of aromatic amines is 1. The molecular weight excluding hydrogens is 360 g/mol. The average Bonchev–Trinajstić information content (AvgIpc) is 3.29. The molecule has 146 valence electrons. The second-order valence-electron chi connectivity index (χ2n) is 7.09. The molecule has 2 N–H and O–H groups in total. The maximum absolute atomic E-state index is 12.7. The zero-order valence-electron chi connectivity index (χ0n) is 16.9. The molecule has 0 fully saturated rings. The molecule has 0 atom stereocenters. The predicted octanol–water partition coefficient (Wildman–Crippen LogP) is 4.90. The van der Waals surface area contributed by atoms with E-state index in [9.17, 15) is 4.79 Å². The number of hydrazone groups is 1. The molecule has 2 heterocycles. The highest BCUT2D eigenvalue weighted by Crippen LogP contribution is 2.22. The number of aromatic nitrogens is 2. The van der Waals surface area contributed by atoms with Crippen molar-refractivity contribution in [2.24, 2.45) is 5.10 Å². The van der Waals surface area contributed by atoms with Crippen molar-refractivity contribution in [3.05, 3.63) is 88.9 Å². The van der Waals surface area contributed by atoms with Crippen LogP contribution in [0.25, 0.3) is 16.6 Å². The van der Waals surface area contributed by atoms with Crippen molar-refractivity contribution >= 4 is 23.0 Å². The minimum atomic E-state index is -0.217. The van der Waals surface area contributed by atoms with E-state index in [4.69, 9.17) is 0 Å². The average molecular weight is 384 g/mol. The van der Waals surface area contributed by atoms with Gasteiger partial charge in [-0.3, -0.25) is 4.79 Å². The van der Waals surface area contributed by atoms with Gasteiger partial charge < -0.3 is 9.55 Å². The van der Waals surface area contributed by atoms with Crippen LogP contribution in [0.5, 0.6) is 0 Å². The fourth-order valence-electron chi connectivity index (χ4n) is 3.83. The van der Waals surface area contributed by atoms with Gasteiger partial charge in [-0.2, -0.15) is 5.10 Å². The molecule has 0 radical (unpaired) electrons. The van der Waals surface area contributed by atoms with Gasteiger partial charge in [-0.25, -0.2) is 5.43 Å². The summed E-state index contributed by atoms with van der Waals surface area (Å²) in [5, 5.41) is 5.30. The van der Waals surface area contributed by atoms with E-state index >= 15 is 0 Å². The van der Waals surface area contributed by atoms with Crippen LogP contribution in [-0.4, -0.2) is 21.7 Å². The highest BCUT2D eigenvalue weighted by molar-refractivity contribution is 6.01. The quantitative estimate of drug-likeness (QED) is 0.373. The fraction of sp³-hybridized carbons (Fsp3) is 0.167. The number of para-hydroxylation sites is 2. The first-order valence-corrected chi connectivity index (χ1v) is 9.77. The molecule has 29 heavy (non-hydrogen) atoms. The summed E-state index contributed by atoms with van der Waals surface area (Å²) in [6, 6.07) is 18.1. The SMILES string of the molecule is CCc1cccc2c(/C=N/NC(=O)c3cc(C)n(-c4ccccc4)c3C)c[nH]c12. The number of rotatable bonds is 5. The van der Waals surface area contributed by atoms with Gasteiger partial charge in [0.25, 0.3) is 5.91 Å². The lowest BCUT2D eigenvalue weighted by molar-refractivity contribution is 0.0954. The molecule has 0 bridgehead atoms. The van der Waals surface area contributed by atoms with Crippen LogP contribution in [0.3, 0.4) is 0 Å². The molecule has 0 unspecified atom stereocenters. The van der Waals surface area contributed by atoms with E-state index in [0.717, 1.165) is 40.0 Å². The highest BCUT2D eigenvalue weighted by Gasteiger charge is 2.16. The van der Waals surface area contributed by atoms with Crippen LogP contribution in [0.2, 0.25) is 0 Å². The third kappa shape index (κ3) is 3.47. The standard InChI is InChI=1S/C24H24N4O/c1-4-18-9-8-12-21-19(14-25-23(18)21)15-26-27-24(29)22-13-16(2)28(17(22)3)20-10-6-5-7-11-20/h5-15,25H,4H2,1-3H3,(H,27,29)/b26-15+. The molecule has 4 rings (SSSR count). The summed E-state index contributed by atoms with van der Waals surface area (Å²) in [7, 11) is 0. The van der Waals surface area contributed by atoms with Crippen molar-refractivity contribution < 1.29 is 4.79 Å². The van der Waals surface area contributed by atoms with Gasteiger partial charge in [0, 0.05) is 39.7 Å². The molecule has 5 heteroatoms. The number of H-pyrrole nitrogens is 1. The molecule has 1 amide bonds. The number of hydrogen-bond acceptors (Lipinski definition) is 2. The Kier molecular flexibility index (Phi) is 5.04. The van der Waals surface area contributed by atoms with Crippen LogP contribution in [0.15, 0.2) is 65.9 Å². The molecule has 0 spiro atoms. The highest BCUT2D eigenvalue weighted by atomic mass is 16.2. The lowest BCUT2D eigenvalue weighted by Gasteiger charge is -2.09. The molecule has 0 aliphatic heterocycles. The van der Waals surface area contributed by atoms with E-state index in [2.05, 4.69) is 39.1 Å². The van der Waals surface area contributed by atoms with E-state index < -0.39 is 0 Å². The van der Waals surface area contributed by atoms with Crippen molar-refractivity contribution in [2.45, 2.75) is 27.2 Å². The van der Waals surface area contributed by atoms with E-state index in [-0.39, 0.29) is 5.91 Å². The predicted molar refractivity (Wildman–Crippen MR) is 118 cm³/mol. The number of fused-ring (bicyclic) bond motifs is 1. The van der Waals surface area contributed by atoms with Crippen molar-refractivity contribution in [1.29, 1.82) is 0 Å². The lowest BCUT2D eigenvalue weighted by atomic mass is 10.1. The number of hydrogen-bond donors (Lipinski definition) is 2. The van der Waals surface area contributed by atoms with E-state index in [0.29, 0.717) is 5.56 Å². The number of aryl methyl sites for hydroxylation is 2. The van der Waals surface area contributed by atoms with Gasteiger partial charge in [-0.05, 0) is 44.0 Å². The number of nitrogens with zero attached hydrogens (tertiary/aromatic N) is 2. The smallest absolute Gasteiger partial charge is 0.273 e. The number of carbonyl (C=O) groups excluding carboxylic acids is 1. The number of benzene rings is 2. The molecule has 2 aromatic carbocycles. The van der Waals surface area contributed by atoms with Crippen molar-refractivity contribution in [3.8, 4) is 5.69 Å². The Balaban J connectivity index is 1.55. The summed E-state index contributed by atoms with van der Waals surface area (Å²) in [6.07, 6.45) is 4.56. The molecule has 0 saturated carbocycles. The Labute approximate surface area is 170 Å². The van der Waals surface area contributed by atoms with Crippen molar-refractivity contribution in [1.82, 2.24) is 15.0 Å². The fourth-order valence-corrected chi connectivity index (χ4v) is 3.83. The number of carbonyl (C=O) groups is 1. The second-order valence-corrected chi connectivity index (χ2v) is 7.09. The number of nitrogens with one attached hydrogen (secondary N) is 2. The molecule has 0 aliphatic carbocycles. The summed E-state index contributed by atoms with van der Waals surface area (Å²) < 4.78 is 2.07. The van der Waals surface area contributed by atoms with E-state index in [1.54, 1.807) is 6.21 Å². The maximum atomic E-state index is 12.7. The molecule has 2 aromatic heterocycles. The van der Waals surface area contributed by atoms with Gasteiger partial charge >= 0.3 is 0 Å². The first kappa shape index (κ1) is 18.7. The molecule has 0 aliphatic rings.